The maximum atomic E-state index is 5.54. The molecule has 0 N–H and O–H groups in total. The average Bonchev–Trinajstić information content (AvgIpc) is 4.09. The van der Waals surface area contributed by atoms with Crippen molar-refractivity contribution in [2.45, 2.75) is 0 Å². The SMILES string of the molecule is c1ccc(-n2c3ccccc3c3ccccc32)c(-c2nc(-c3ccccc3-n3c4ccccc4c4ccccc43)nc(-c3ccc4c5ccccc5n5c6ccccc6c3c45)n2)c1. The molecule has 6 nitrogen and oxygen atoms in total. The molecule has 63 heavy (non-hydrogen) atoms. The zero-order valence-electron chi connectivity index (χ0n) is 33.8. The molecule has 0 spiro atoms. The zero-order valence-corrected chi connectivity index (χ0v) is 33.8. The average molecular weight is 803 g/mol. The highest BCUT2D eigenvalue weighted by Crippen LogP contribution is 2.44. The second-order valence-corrected chi connectivity index (χ2v) is 16.3. The number of benzene rings is 9. The molecule has 0 fully saturated rings. The Morgan fingerprint density at radius 2 is 0.587 bits per heavy atom. The number of hydrogen-bond donors (Lipinski definition) is 0. The van der Waals surface area contributed by atoms with Gasteiger partial charge in [-0.05, 0) is 66.7 Å². The molecule has 0 amide bonds. The molecule has 0 radical (unpaired) electrons. The predicted molar refractivity (Wildman–Crippen MR) is 259 cm³/mol. The maximum Gasteiger partial charge on any atom is 0.166 e. The van der Waals surface area contributed by atoms with E-state index in [1.54, 1.807) is 0 Å². The minimum Gasteiger partial charge on any atom is -0.309 e. The van der Waals surface area contributed by atoms with Crippen molar-refractivity contribution in [2.75, 3.05) is 0 Å². The summed E-state index contributed by atoms with van der Waals surface area (Å²) >= 11 is 0. The highest BCUT2D eigenvalue weighted by Gasteiger charge is 2.25. The van der Waals surface area contributed by atoms with Crippen molar-refractivity contribution in [3.63, 3.8) is 0 Å². The van der Waals surface area contributed by atoms with E-state index in [1.807, 2.05) is 0 Å². The van der Waals surface area contributed by atoms with Crippen LogP contribution in [0.3, 0.4) is 0 Å². The summed E-state index contributed by atoms with van der Waals surface area (Å²) in [5.41, 5.74) is 12.8. The molecule has 0 bridgehead atoms. The van der Waals surface area contributed by atoms with E-state index in [4.69, 9.17) is 15.0 Å². The lowest BCUT2D eigenvalue weighted by molar-refractivity contribution is 1.06. The van der Waals surface area contributed by atoms with Crippen LogP contribution in [0, 0.1) is 0 Å². The van der Waals surface area contributed by atoms with Crippen LogP contribution in [0.15, 0.2) is 206 Å². The van der Waals surface area contributed by atoms with Crippen LogP contribution in [0.2, 0.25) is 0 Å². The van der Waals surface area contributed by atoms with Gasteiger partial charge in [-0.3, -0.25) is 0 Å². The van der Waals surface area contributed by atoms with Gasteiger partial charge in [0.15, 0.2) is 17.5 Å². The van der Waals surface area contributed by atoms with Crippen LogP contribution in [0.25, 0.3) is 127 Å². The summed E-state index contributed by atoms with van der Waals surface area (Å²) in [7, 11) is 0. The topological polar surface area (TPSA) is 52.9 Å². The molecule has 0 aliphatic rings. The minimum absolute atomic E-state index is 0.601. The third-order valence-corrected chi connectivity index (χ3v) is 13.1. The molecule has 9 aromatic carbocycles. The summed E-state index contributed by atoms with van der Waals surface area (Å²) in [6.45, 7) is 0. The van der Waals surface area contributed by atoms with Gasteiger partial charge in [0, 0.05) is 59.8 Å². The van der Waals surface area contributed by atoms with Gasteiger partial charge >= 0.3 is 0 Å². The minimum atomic E-state index is 0.601. The molecule has 14 aromatic rings. The Bertz CT molecular complexity index is 3890. The summed E-state index contributed by atoms with van der Waals surface area (Å²) in [6, 6.07) is 73.4. The number of nitrogens with zero attached hydrogens (tertiary/aromatic N) is 6. The summed E-state index contributed by atoms with van der Waals surface area (Å²) in [5, 5.41) is 9.54. The standard InChI is InChI=1S/C57H34N6/c1-9-25-45-35(17-1)36-18-2-10-26-46(36)61(45)51-31-15-7-23-42(51)55-58-56(43-24-8-16-32-52(43)62-47-27-11-3-19-37(47)38-20-4-12-28-48(38)62)60-57(59-55)44-34-33-40-39-21-5-13-29-49(39)63-50-30-14-6-22-41(50)53(44)54(40)63/h1-34H. The molecular formula is C57H34N6. The first-order valence-corrected chi connectivity index (χ1v) is 21.4. The fourth-order valence-electron chi connectivity index (χ4n) is 10.5. The lowest BCUT2D eigenvalue weighted by atomic mass is 10.0. The van der Waals surface area contributed by atoms with E-state index in [1.165, 1.54) is 48.7 Å². The first-order chi connectivity index (χ1) is 31.3. The molecule has 0 saturated carbocycles. The van der Waals surface area contributed by atoms with Gasteiger partial charge in [0.05, 0.1) is 50.0 Å². The molecule has 5 heterocycles. The zero-order chi connectivity index (χ0) is 41.2. The number of hydrogen-bond acceptors (Lipinski definition) is 3. The first kappa shape index (κ1) is 34.1. The number of aromatic nitrogens is 6. The van der Waals surface area contributed by atoms with Gasteiger partial charge in [-0.25, -0.2) is 15.0 Å². The Labute approximate surface area is 360 Å². The summed E-state index contributed by atoms with van der Waals surface area (Å²) < 4.78 is 7.13. The van der Waals surface area contributed by atoms with E-state index >= 15 is 0 Å². The van der Waals surface area contributed by atoms with Crippen LogP contribution in [0.4, 0.5) is 0 Å². The third kappa shape index (κ3) is 4.74. The fraction of sp³-hybridized carbons (Fsp3) is 0. The third-order valence-electron chi connectivity index (χ3n) is 13.1. The van der Waals surface area contributed by atoms with Gasteiger partial charge < -0.3 is 13.5 Å². The molecule has 5 aromatic heterocycles. The second kappa shape index (κ2) is 12.9. The van der Waals surface area contributed by atoms with Gasteiger partial charge in [-0.15, -0.1) is 0 Å². The van der Waals surface area contributed by atoms with Gasteiger partial charge in [0.25, 0.3) is 0 Å². The molecule has 0 aliphatic heterocycles. The Morgan fingerprint density at radius 3 is 1.05 bits per heavy atom. The van der Waals surface area contributed by atoms with E-state index in [-0.39, 0.29) is 0 Å². The predicted octanol–water partition coefficient (Wildman–Crippen LogP) is 14.2. The molecule has 0 saturated heterocycles. The maximum absolute atomic E-state index is 5.54. The van der Waals surface area contributed by atoms with Crippen molar-refractivity contribution in [1.29, 1.82) is 0 Å². The van der Waals surface area contributed by atoms with Crippen LogP contribution in [0.5, 0.6) is 0 Å². The van der Waals surface area contributed by atoms with Gasteiger partial charge in [0.1, 0.15) is 0 Å². The highest BCUT2D eigenvalue weighted by molar-refractivity contribution is 6.26. The smallest absolute Gasteiger partial charge is 0.166 e. The molecule has 0 atom stereocenters. The second-order valence-electron chi connectivity index (χ2n) is 16.3. The van der Waals surface area contributed by atoms with Crippen LogP contribution in [0.1, 0.15) is 0 Å². The fourth-order valence-corrected chi connectivity index (χ4v) is 10.5. The van der Waals surface area contributed by atoms with Crippen LogP contribution < -0.4 is 0 Å². The Kier molecular flexibility index (Phi) is 7.02. The summed E-state index contributed by atoms with van der Waals surface area (Å²) in [4.78, 5) is 16.6. The first-order valence-electron chi connectivity index (χ1n) is 21.4. The van der Waals surface area contributed by atoms with E-state index < -0.39 is 0 Å². The largest absolute Gasteiger partial charge is 0.309 e. The molecule has 0 aliphatic carbocycles. The lowest BCUT2D eigenvalue weighted by Crippen LogP contribution is -2.05. The summed E-state index contributed by atoms with van der Waals surface area (Å²) in [6.07, 6.45) is 0. The van der Waals surface area contributed by atoms with E-state index in [9.17, 15) is 0 Å². The molecule has 0 unspecified atom stereocenters. The summed E-state index contributed by atoms with van der Waals surface area (Å²) in [5.74, 6) is 1.82. The Balaban J connectivity index is 1.10. The number of fused-ring (bicyclic) bond motifs is 12. The van der Waals surface area contributed by atoms with Crippen molar-refractivity contribution in [2.24, 2.45) is 0 Å². The van der Waals surface area contributed by atoms with E-state index in [0.29, 0.717) is 17.5 Å². The van der Waals surface area contributed by atoms with E-state index in [2.05, 4.69) is 220 Å². The Morgan fingerprint density at radius 1 is 0.254 bits per heavy atom. The van der Waals surface area contributed by atoms with E-state index in [0.717, 1.165) is 61.0 Å². The van der Waals surface area contributed by atoms with Crippen LogP contribution in [-0.2, 0) is 0 Å². The number of rotatable bonds is 5. The quantitative estimate of drug-likeness (QED) is 0.174. The normalized spacial score (nSPS) is 12.1. The van der Waals surface area contributed by atoms with Crippen molar-refractivity contribution in [3.8, 4) is 45.5 Å². The number of para-hydroxylation sites is 8. The molecule has 6 heteroatoms. The Hall–Kier alpha value is -8.61. The van der Waals surface area contributed by atoms with Crippen molar-refractivity contribution < 1.29 is 0 Å². The highest BCUT2D eigenvalue weighted by atomic mass is 15.1. The molecule has 14 rings (SSSR count). The molecular weight excluding hydrogens is 769 g/mol. The van der Waals surface area contributed by atoms with Gasteiger partial charge in [-0.2, -0.15) is 0 Å². The lowest BCUT2D eigenvalue weighted by Gasteiger charge is -2.16. The van der Waals surface area contributed by atoms with Crippen LogP contribution >= 0.6 is 0 Å². The van der Waals surface area contributed by atoms with Crippen molar-refractivity contribution >= 4 is 81.7 Å². The van der Waals surface area contributed by atoms with Crippen molar-refractivity contribution in [1.82, 2.24) is 28.5 Å². The van der Waals surface area contributed by atoms with Gasteiger partial charge in [-0.1, -0.05) is 140 Å². The van der Waals surface area contributed by atoms with Gasteiger partial charge in [0.2, 0.25) is 0 Å². The monoisotopic (exact) mass is 802 g/mol. The van der Waals surface area contributed by atoms with Crippen molar-refractivity contribution in [3.05, 3.63) is 206 Å². The molecule has 292 valence electrons. The van der Waals surface area contributed by atoms with Crippen LogP contribution in [-0.4, -0.2) is 28.5 Å².